The lowest BCUT2D eigenvalue weighted by Gasteiger charge is -2.16. The molecule has 9 heteroatoms. The molecule has 1 fully saturated rings. The molecule has 2 N–H and O–H groups in total. The van der Waals surface area contributed by atoms with E-state index in [9.17, 15) is 23.9 Å². The van der Waals surface area contributed by atoms with Crippen molar-refractivity contribution in [2.75, 3.05) is 6.61 Å². The summed E-state index contributed by atoms with van der Waals surface area (Å²) in [7, 11) is 0. The van der Waals surface area contributed by atoms with E-state index in [1.54, 1.807) is 0 Å². The first-order valence-corrected chi connectivity index (χ1v) is 12.9. The van der Waals surface area contributed by atoms with Crippen LogP contribution in [-0.2, 0) is 14.3 Å². The Kier molecular flexibility index (Phi) is 13.8. The second kappa shape index (κ2) is 16.8. The van der Waals surface area contributed by atoms with Crippen LogP contribution >= 0.6 is 0 Å². The van der Waals surface area contributed by atoms with Crippen molar-refractivity contribution in [2.24, 2.45) is 0 Å². The molecule has 1 aromatic heterocycles. The number of allylic oxidation sites excluding steroid dienone is 6. The largest absolute Gasteiger partial charge is 0.459 e. The minimum atomic E-state index is -1.13. The number of carbonyl (C=O) groups is 1. The third kappa shape index (κ3) is 10.5. The van der Waals surface area contributed by atoms with Gasteiger partial charge in [-0.05, 0) is 38.5 Å². The smallest absolute Gasteiger partial charge is 0.330 e. The lowest BCUT2D eigenvalue weighted by Crippen LogP contribution is -2.34. The van der Waals surface area contributed by atoms with Gasteiger partial charge in [-0.3, -0.25) is 19.1 Å². The molecular formula is C27H39FN2O6. The highest BCUT2D eigenvalue weighted by Gasteiger charge is 2.39. The van der Waals surface area contributed by atoms with Gasteiger partial charge in [-0.25, -0.2) is 4.79 Å². The number of aromatic amines is 1. The molecule has 200 valence electrons. The molecule has 0 aromatic carbocycles. The number of carbonyl (C=O) groups excluding carboxylic acids is 1. The number of rotatable bonds is 16. The summed E-state index contributed by atoms with van der Waals surface area (Å²) in [6, 6.07) is 0. The number of nitrogens with one attached hydrogen (secondary N) is 1. The average molecular weight is 507 g/mol. The van der Waals surface area contributed by atoms with E-state index in [0.717, 1.165) is 62.1 Å². The Bertz CT molecular complexity index is 997. The molecule has 0 saturated carbocycles. The van der Waals surface area contributed by atoms with Gasteiger partial charge in [-0.2, -0.15) is 4.39 Å². The quantitative estimate of drug-likeness (QED) is 0.195. The number of esters is 1. The van der Waals surface area contributed by atoms with E-state index < -0.39 is 48.1 Å². The number of aliphatic hydroxyl groups excluding tert-OH is 1. The Morgan fingerprint density at radius 3 is 2.50 bits per heavy atom. The van der Waals surface area contributed by atoms with E-state index >= 15 is 0 Å². The normalized spacial score (nSPS) is 20.2. The summed E-state index contributed by atoms with van der Waals surface area (Å²) in [5, 5.41) is 9.55. The van der Waals surface area contributed by atoms with E-state index in [1.807, 2.05) is 4.98 Å². The molecule has 1 aliphatic heterocycles. The van der Waals surface area contributed by atoms with E-state index in [0.29, 0.717) is 6.42 Å². The van der Waals surface area contributed by atoms with Gasteiger partial charge >= 0.3 is 11.7 Å². The maximum absolute atomic E-state index is 13.6. The average Bonchev–Trinajstić information content (AvgIpc) is 3.26. The third-order valence-electron chi connectivity index (χ3n) is 5.91. The van der Waals surface area contributed by atoms with Crippen molar-refractivity contribution in [1.29, 1.82) is 0 Å². The number of ether oxygens (including phenoxy) is 2. The van der Waals surface area contributed by atoms with E-state index in [2.05, 4.69) is 43.4 Å². The van der Waals surface area contributed by atoms with Crippen LogP contribution in [0.25, 0.3) is 0 Å². The molecule has 1 aliphatic rings. The van der Waals surface area contributed by atoms with Crippen LogP contribution in [0.1, 0.15) is 83.8 Å². The van der Waals surface area contributed by atoms with E-state index in [-0.39, 0.29) is 12.8 Å². The molecule has 0 bridgehead atoms. The minimum absolute atomic E-state index is 0.0710. The maximum atomic E-state index is 13.6. The molecule has 8 nitrogen and oxygen atoms in total. The van der Waals surface area contributed by atoms with Gasteiger partial charge in [0, 0.05) is 12.8 Å². The zero-order chi connectivity index (χ0) is 26.2. The summed E-state index contributed by atoms with van der Waals surface area (Å²) < 4.78 is 25.5. The van der Waals surface area contributed by atoms with Crippen molar-refractivity contribution >= 4 is 5.97 Å². The summed E-state index contributed by atoms with van der Waals surface area (Å²) >= 11 is 0. The van der Waals surface area contributed by atoms with Crippen molar-refractivity contribution in [3.05, 3.63) is 69.3 Å². The van der Waals surface area contributed by atoms with Crippen LogP contribution in [0.15, 0.2) is 52.2 Å². The minimum Gasteiger partial charge on any atom is -0.459 e. The van der Waals surface area contributed by atoms with Gasteiger partial charge in [0.1, 0.15) is 18.4 Å². The number of hydrogen-bond acceptors (Lipinski definition) is 6. The predicted molar refractivity (Wildman–Crippen MR) is 136 cm³/mol. The predicted octanol–water partition coefficient (Wildman–Crippen LogP) is 4.46. The molecule has 0 spiro atoms. The van der Waals surface area contributed by atoms with Crippen LogP contribution in [0.3, 0.4) is 0 Å². The van der Waals surface area contributed by atoms with Crippen LogP contribution in [-0.4, -0.2) is 39.4 Å². The second-order valence-electron chi connectivity index (χ2n) is 8.82. The van der Waals surface area contributed by atoms with E-state index in [4.69, 9.17) is 9.47 Å². The molecular weight excluding hydrogens is 467 g/mol. The molecule has 3 atom stereocenters. The Morgan fingerprint density at radius 2 is 1.78 bits per heavy atom. The summed E-state index contributed by atoms with van der Waals surface area (Å²) in [5.74, 6) is -1.53. The molecule has 1 unspecified atom stereocenters. The Balaban J connectivity index is 1.59. The van der Waals surface area contributed by atoms with Gasteiger partial charge in [-0.1, -0.05) is 62.6 Å². The Hall–Kier alpha value is -2.78. The molecule has 1 saturated heterocycles. The number of unbranched alkanes of at least 4 members (excludes halogenated alkanes) is 5. The van der Waals surface area contributed by atoms with Gasteiger partial charge in [0.15, 0.2) is 0 Å². The highest BCUT2D eigenvalue weighted by molar-refractivity contribution is 5.69. The first-order valence-electron chi connectivity index (χ1n) is 12.9. The highest BCUT2D eigenvalue weighted by Crippen LogP contribution is 2.30. The van der Waals surface area contributed by atoms with Crippen molar-refractivity contribution < 1.29 is 23.8 Å². The van der Waals surface area contributed by atoms with Crippen LogP contribution < -0.4 is 11.2 Å². The number of hydrogen-bond donors (Lipinski definition) is 2. The molecule has 2 heterocycles. The third-order valence-corrected chi connectivity index (χ3v) is 5.91. The fourth-order valence-corrected chi connectivity index (χ4v) is 3.95. The number of aliphatic hydroxyl groups is 1. The topological polar surface area (TPSA) is 111 Å². The number of halogens is 1. The maximum Gasteiger partial charge on any atom is 0.330 e. The summed E-state index contributed by atoms with van der Waals surface area (Å²) in [6.07, 6.45) is 20.6. The molecule has 0 amide bonds. The van der Waals surface area contributed by atoms with Crippen LogP contribution in [0, 0.1) is 5.82 Å². The number of H-pyrrole nitrogens is 1. The van der Waals surface area contributed by atoms with Gasteiger partial charge in [0.05, 0.1) is 12.8 Å². The van der Waals surface area contributed by atoms with Crippen molar-refractivity contribution in [1.82, 2.24) is 9.55 Å². The van der Waals surface area contributed by atoms with E-state index in [1.165, 1.54) is 0 Å². The fraction of sp³-hybridized carbons (Fsp3) is 0.593. The van der Waals surface area contributed by atoms with Crippen molar-refractivity contribution in [3.8, 4) is 0 Å². The van der Waals surface area contributed by atoms with Crippen LogP contribution in [0.4, 0.5) is 4.39 Å². The second-order valence-corrected chi connectivity index (χ2v) is 8.82. The summed E-state index contributed by atoms with van der Waals surface area (Å²) in [6.45, 7) is 1.71. The Labute approximate surface area is 211 Å². The van der Waals surface area contributed by atoms with Crippen molar-refractivity contribution in [2.45, 2.75) is 96.0 Å². The van der Waals surface area contributed by atoms with Gasteiger partial charge in [-0.15, -0.1) is 0 Å². The standard InChI is InChI=1S/C27H39FN2O6/c1-2-3-4-5-6-7-8-9-10-11-12-13-14-15-16-17-25(32)36-22-18-24(35-23(22)20-31)30-19-21(28)26(33)29-27(30)34/h3-4,6-7,9-10,19,22-24,31H,2,5,8,11-18,20H2,1H3,(H,29,33,34)/t22?,23-,24-/m0/s1. The number of aromatic nitrogens is 2. The molecule has 2 rings (SSSR count). The molecule has 36 heavy (non-hydrogen) atoms. The van der Waals surface area contributed by atoms with Gasteiger partial charge in [0.2, 0.25) is 5.82 Å². The molecule has 1 aromatic rings. The Morgan fingerprint density at radius 1 is 1.11 bits per heavy atom. The van der Waals surface area contributed by atoms with Crippen LogP contribution in [0.2, 0.25) is 0 Å². The zero-order valence-corrected chi connectivity index (χ0v) is 21.1. The van der Waals surface area contributed by atoms with Crippen molar-refractivity contribution in [3.63, 3.8) is 0 Å². The lowest BCUT2D eigenvalue weighted by molar-refractivity contribution is -0.153. The lowest BCUT2D eigenvalue weighted by atomic mass is 10.1. The van der Waals surface area contributed by atoms with Gasteiger partial charge in [0.25, 0.3) is 5.56 Å². The summed E-state index contributed by atoms with van der Waals surface area (Å²) in [5.41, 5.74) is -1.95. The SMILES string of the molecule is CCC=CCC=CCC=CCCCCCCCC(=O)OC1C[C@@H](n2cc(F)c(=O)[nH]c2=O)O[C@H]1CO. The van der Waals surface area contributed by atoms with Crippen LogP contribution in [0.5, 0.6) is 0 Å². The molecule has 0 radical (unpaired) electrons. The first kappa shape index (κ1) is 29.5. The first-order chi connectivity index (χ1) is 17.5. The fourth-order valence-electron chi connectivity index (χ4n) is 3.95. The molecule has 0 aliphatic carbocycles. The monoisotopic (exact) mass is 506 g/mol. The van der Waals surface area contributed by atoms with Gasteiger partial charge < -0.3 is 14.6 Å². The summed E-state index contributed by atoms with van der Waals surface area (Å²) in [4.78, 5) is 37.3. The zero-order valence-electron chi connectivity index (χ0n) is 21.1. The highest BCUT2D eigenvalue weighted by atomic mass is 19.1. The number of nitrogens with zero attached hydrogens (tertiary/aromatic N) is 1.